The van der Waals surface area contributed by atoms with E-state index in [1.807, 2.05) is 0 Å². The van der Waals surface area contributed by atoms with Gasteiger partial charge >= 0.3 is 6.36 Å². The Hall–Kier alpha value is -3.31. The Bertz CT molecular complexity index is 884. The highest BCUT2D eigenvalue weighted by atomic mass is 19.4. The molecule has 0 radical (unpaired) electrons. The van der Waals surface area contributed by atoms with E-state index in [1.165, 1.54) is 48.1 Å². The molecule has 8 nitrogen and oxygen atoms in total. The number of carbonyl (C=O) groups excluding carboxylic acids is 1. The molecule has 0 saturated carbocycles. The van der Waals surface area contributed by atoms with Crippen LogP contribution in [-0.2, 0) is 10.4 Å². The Morgan fingerprint density at radius 3 is 2.46 bits per heavy atom. The lowest BCUT2D eigenvalue weighted by molar-refractivity contribution is -0.274. The smallest absolute Gasteiger partial charge is 0.438 e. The number of pyridine rings is 1. The van der Waals surface area contributed by atoms with Crippen molar-refractivity contribution in [3.05, 3.63) is 65.8 Å². The van der Waals surface area contributed by atoms with E-state index in [-0.39, 0.29) is 23.1 Å². The average molecular weight is 397 g/mol. The average Bonchev–Trinajstić information content (AvgIpc) is 3.03. The van der Waals surface area contributed by atoms with Crippen LogP contribution in [0, 0.1) is 0 Å². The highest BCUT2D eigenvalue weighted by Gasteiger charge is 2.34. The van der Waals surface area contributed by atoms with Crippen molar-refractivity contribution in [2.24, 2.45) is 0 Å². The maximum absolute atomic E-state index is 12.2. The summed E-state index contributed by atoms with van der Waals surface area (Å²) in [7, 11) is 0. The topological polar surface area (TPSA) is 102 Å². The zero-order chi connectivity index (χ0) is 20.4. The molecule has 28 heavy (non-hydrogen) atoms. The number of halogens is 3. The summed E-state index contributed by atoms with van der Waals surface area (Å²) in [6, 6.07) is 8.03. The SMILES string of the molecule is CC1(c2ccc(OC(F)(F)F)cc2)C=C(Oc2ccc(C(=O)NO)nc2)NO1. The van der Waals surface area contributed by atoms with Crippen LogP contribution in [0.2, 0.25) is 0 Å². The van der Waals surface area contributed by atoms with Crippen LogP contribution in [0.25, 0.3) is 0 Å². The molecule has 1 amide bonds. The lowest BCUT2D eigenvalue weighted by atomic mass is 9.96. The fourth-order valence-electron chi connectivity index (χ4n) is 2.40. The van der Waals surface area contributed by atoms with Gasteiger partial charge in [0.2, 0.25) is 5.88 Å². The molecule has 0 bridgehead atoms. The lowest BCUT2D eigenvalue weighted by Gasteiger charge is -2.20. The molecule has 0 spiro atoms. The molecule has 148 valence electrons. The highest BCUT2D eigenvalue weighted by molar-refractivity contribution is 5.91. The summed E-state index contributed by atoms with van der Waals surface area (Å²) in [4.78, 5) is 20.5. The maximum Gasteiger partial charge on any atom is 0.573 e. The molecule has 0 aliphatic carbocycles. The molecule has 1 aliphatic heterocycles. The second kappa shape index (κ2) is 7.37. The second-order valence-electron chi connectivity index (χ2n) is 5.81. The molecule has 1 aromatic carbocycles. The normalized spacial score (nSPS) is 18.8. The lowest BCUT2D eigenvalue weighted by Crippen LogP contribution is -2.23. The van der Waals surface area contributed by atoms with Crippen LogP contribution < -0.4 is 20.4 Å². The minimum Gasteiger partial charge on any atom is -0.438 e. The van der Waals surface area contributed by atoms with E-state index in [9.17, 15) is 18.0 Å². The van der Waals surface area contributed by atoms with Gasteiger partial charge in [0.1, 0.15) is 22.8 Å². The van der Waals surface area contributed by atoms with Crippen LogP contribution in [0.1, 0.15) is 23.0 Å². The van der Waals surface area contributed by atoms with Crippen molar-refractivity contribution in [3.8, 4) is 11.5 Å². The molecule has 11 heteroatoms. The maximum atomic E-state index is 12.2. The van der Waals surface area contributed by atoms with Crippen LogP contribution in [-0.4, -0.2) is 22.5 Å². The first-order valence-electron chi connectivity index (χ1n) is 7.80. The van der Waals surface area contributed by atoms with E-state index in [0.29, 0.717) is 5.56 Å². The molecule has 3 rings (SSSR count). The van der Waals surface area contributed by atoms with E-state index in [0.717, 1.165) is 0 Å². The van der Waals surface area contributed by atoms with E-state index in [2.05, 4.69) is 15.2 Å². The van der Waals surface area contributed by atoms with Crippen LogP contribution in [0.4, 0.5) is 13.2 Å². The highest BCUT2D eigenvalue weighted by Crippen LogP contribution is 2.33. The fraction of sp³-hybridized carbons (Fsp3) is 0.176. The summed E-state index contributed by atoms with van der Waals surface area (Å²) in [5.41, 5.74) is 3.58. The van der Waals surface area contributed by atoms with E-state index < -0.39 is 17.9 Å². The summed E-state index contributed by atoms with van der Waals surface area (Å²) >= 11 is 0. The summed E-state index contributed by atoms with van der Waals surface area (Å²) in [6.07, 6.45) is -1.91. The monoisotopic (exact) mass is 397 g/mol. The number of ether oxygens (including phenoxy) is 2. The molecule has 1 atom stereocenters. The molecule has 2 heterocycles. The molecule has 0 saturated heterocycles. The van der Waals surface area contributed by atoms with Crippen LogP contribution in [0.5, 0.6) is 11.5 Å². The van der Waals surface area contributed by atoms with Gasteiger partial charge in [-0.15, -0.1) is 13.2 Å². The molecule has 1 aromatic heterocycles. The first kappa shape index (κ1) is 19.5. The van der Waals surface area contributed by atoms with Crippen molar-refractivity contribution in [3.63, 3.8) is 0 Å². The molecule has 1 unspecified atom stereocenters. The first-order chi connectivity index (χ1) is 13.2. The molecule has 1 aliphatic rings. The number of benzene rings is 1. The molecule has 2 aromatic rings. The molecule has 0 fully saturated rings. The number of carbonyl (C=O) groups is 1. The quantitative estimate of drug-likeness (QED) is 0.527. The Kier molecular flexibility index (Phi) is 5.12. The largest absolute Gasteiger partial charge is 0.573 e. The number of rotatable bonds is 5. The zero-order valence-electron chi connectivity index (χ0n) is 14.3. The minimum absolute atomic E-state index is 0.00883. The summed E-state index contributed by atoms with van der Waals surface area (Å²) < 4.78 is 46.1. The Morgan fingerprint density at radius 2 is 1.89 bits per heavy atom. The predicted molar refractivity (Wildman–Crippen MR) is 86.9 cm³/mol. The Labute approximate surface area is 156 Å². The van der Waals surface area contributed by atoms with Gasteiger partial charge in [-0.1, -0.05) is 12.1 Å². The van der Waals surface area contributed by atoms with Gasteiger partial charge in [-0.3, -0.25) is 14.8 Å². The number of aromatic nitrogens is 1. The second-order valence-corrected chi connectivity index (χ2v) is 5.81. The third-order valence-corrected chi connectivity index (χ3v) is 3.73. The van der Waals surface area contributed by atoms with Gasteiger partial charge in [-0.05, 0) is 36.8 Å². The van der Waals surface area contributed by atoms with Crippen LogP contribution >= 0.6 is 0 Å². The van der Waals surface area contributed by atoms with Crippen molar-refractivity contribution in [1.82, 2.24) is 15.9 Å². The van der Waals surface area contributed by atoms with Crippen molar-refractivity contribution in [2.45, 2.75) is 18.9 Å². The molecular formula is C17H14F3N3O5. The Balaban J connectivity index is 1.70. The number of alkyl halides is 3. The molecule has 3 N–H and O–H groups in total. The van der Waals surface area contributed by atoms with Crippen molar-refractivity contribution < 1.29 is 37.5 Å². The first-order valence-corrected chi connectivity index (χ1v) is 7.80. The number of nitrogens with zero attached hydrogens (tertiary/aromatic N) is 1. The molecular weight excluding hydrogens is 383 g/mol. The van der Waals surface area contributed by atoms with Crippen molar-refractivity contribution >= 4 is 5.91 Å². The van der Waals surface area contributed by atoms with Gasteiger partial charge in [0, 0.05) is 6.08 Å². The summed E-state index contributed by atoms with van der Waals surface area (Å²) in [5.74, 6) is -0.600. The standard InChI is InChI=1S/C17H14F3N3O5/c1-16(10-2-4-11(5-3-10)27-17(18,19)20)8-14(23-28-16)26-12-6-7-13(21-9-12)15(24)22-25/h2-9,23,25H,1H3,(H,22,24). The van der Waals surface area contributed by atoms with Crippen LogP contribution in [0.3, 0.4) is 0 Å². The van der Waals surface area contributed by atoms with Gasteiger partial charge in [-0.2, -0.15) is 0 Å². The number of hydroxylamine groups is 2. The zero-order valence-corrected chi connectivity index (χ0v) is 14.3. The number of nitrogens with one attached hydrogen (secondary N) is 2. The van der Waals surface area contributed by atoms with E-state index in [4.69, 9.17) is 14.8 Å². The fourth-order valence-corrected chi connectivity index (χ4v) is 2.40. The van der Waals surface area contributed by atoms with Gasteiger partial charge in [0.15, 0.2) is 0 Å². The van der Waals surface area contributed by atoms with Gasteiger partial charge in [-0.25, -0.2) is 15.9 Å². The minimum atomic E-state index is -4.76. The van der Waals surface area contributed by atoms with E-state index in [1.54, 1.807) is 13.0 Å². The number of hydrogen-bond acceptors (Lipinski definition) is 7. The third-order valence-electron chi connectivity index (χ3n) is 3.73. The summed E-state index contributed by atoms with van der Waals surface area (Å²) in [5, 5.41) is 8.56. The van der Waals surface area contributed by atoms with Crippen molar-refractivity contribution in [1.29, 1.82) is 0 Å². The van der Waals surface area contributed by atoms with Gasteiger partial charge in [0.25, 0.3) is 5.91 Å². The van der Waals surface area contributed by atoms with Gasteiger partial charge < -0.3 is 9.47 Å². The predicted octanol–water partition coefficient (Wildman–Crippen LogP) is 2.77. The Morgan fingerprint density at radius 1 is 1.21 bits per heavy atom. The third kappa shape index (κ3) is 4.50. The van der Waals surface area contributed by atoms with E-state index >= 15 is 0 Å². The van der Waals surface area contributed by atoms with Gasteiger partial charge in [0.05, 0.1) is 6.20 Å². The summed E-state index contributed by atoms with van der Waals surface area (Å²) in [6.45, 7) is 1.68. The van der Waals surface area contributed by atoms with Crippen molar-refractivity contribution in [2.75, 3.05) is 0 Å². The van der Waals surface area contributed by atoms with Crippen LogP contribution in [0.15, 0.2) is 54.6 Å². The number of amides is 1. The number of hydrogen-bond donors (Lipinski definition) is 3.